The van der Waals surface area contributed by atoms with Gasteiger partial charge in [0.1, 0.15) is 0 Å². The Bertz CT molecular complexity index is 225. The number of hydrogen-bond acceptors (Lipinski definition) is 36. The van der Waals surface area contributed by atoms with Crippen LogP contribution in [-0.4, -0.2) is 274 Å². The minimum absolute atomic E-state index is 0. The summed E-state index contributed by atoms with van der Waals surface area (Å²) in [6.45, 7) is 0. The molecule has 0 fully saturated rings. The predicted octanol–water partition coefficient (Wildman–Crippen LogP) is -25.4. The van der Waals surface area contributed by atoms with Gasteiger partial charge in [-0.3, -0.25) is 0 Å². The van der Waals surface area contributed by atoms with Gasteiger partial charge in [0, 0.05) is 0 Å². The van der Waals surface area contributed by atoms with E-state index in [1.807, 2.05) is 0 Å². The van der Waals surface area contributed by atoms with E-state index in [1.165, 1.54) is 0 Å². The van der Waals surface area contributed by atoms with Gasteiger partial charge in [-0.2, -0.15) is 0 Å². The average Bonchev–Trinajstić information content (AvgIpc) is 2.61. The van der Waals surface area contributed by atoms with E-state index < -0.39 is 87.9 Å². The summed E-state index contributed by atoms with van der Waals surface area (Å²) in [6.07, 6.45) is 0. The van der Waals surface area contributed by atoms with Crippen molar-refractivity contribution in [3.63, 3.8) is 0 Å². The molecule has 0 spiro atoms. The molecule has 0 aliphatic carbocycles. The Hall–Kier alpha value is -0.701. The fourth-order valence-corrected chi connectivity index (χ4v) is 0. The van der Waals surface area contributed by atoms with E-state index in [1.54, 1.807) is 0 Å². The molecule has 0 radical (unpaired) electrons. The molecule has 0 rings (SSSR count). The lowest BCUT2D eigenvalue weighted by Gasteiger charge is -1.69. The van der Waals surface area contributed by atoms with Gasteiger partial charge >= 0.3 is 87.9 Å². The molecule has 0 atom stereocenters. The van der Waals surface area contributed by atoms with E-state index in [9.17, 15) is 0 Å². The van der Waals surface area contributed by atoms with Crippen molar-refractivity contribution in [1.29, 1.82) is 0 Å². The van der Waals surface area contributed by atoms with Crippen LogP contribution in [0.25, 0.3) is 0 Å². The highest BCUT2D eigenvalue weighted by molar-refractivity contribution is 6.33. The molecule has 0 aromatic carbocycles. The Morgan fingerprint density at radius 2 is 0.102 bits per heavy atom. The maximum Gasteiger partial charge on any atom is 0.631 e. The van der Waals surface area contributed by atoms with Crippen molar-refractivity contribution in [3.8, 4) is 0 Å². The molecule has 0 unspecified atom stereocenters. The molecule has 0 saturated heterocycles. The second-order valence-electron chi connectivity index (χ2n) is 4.16. The largest absolute Gasteiger partial charge is 0.631 e. The van der Waals surface area contributed by atoms with Crippen LogP contribution in [0.1, 0.15) is 0 Å². The lowest BCUT2D eigenvalue weighted by Crippen LogP contribution is -2.07. The minimum Gasteiger partial charge on any atom is -0.412 e. The van der Waals surface area contributed by atoms with E-state index in [0.717, 1.165) is 0 Å². The summed E-state index contributed by atoms with van der Waals surface area (Å²) in [6, 6.07) is 0. The van der Waals surface area contributed by atoms with Crippen LogP contribution in [0.3, 0.4) is 0 Å². The summed E-state index contributed by atoms with van der Waals surface area (Å²) in [7, 11) is -26.0. The van der Waals surface area contributed by atoms with Gasteiger partial charge in [0.25, 0.3) is 0 Å². The van der Waals surface area contributed by atoms with Crippen LogP contribution in [0.5, 0.6) is 0 Å². The molecule has 0 aliphatic rings. The quantitative estimate of drug-likeness (QED) is 0.102. The van der Waals surface area contributed by atoms with Crippen LogP contribution in [0.4, 0.5) is 0 Å². The van der Waals surface area contributed by atoms with Crippen molar-refractivity contribution in [3.05, 3.63) is 0 Å². The maximum atomic E-state index is 7.17. The SMILES string of the molecule is O.OB(O)O.OB(O)O.OB(O)O.OB(O)O.OB(O)O.OB(O)O.OB(O)O.OB(O)O.OB(O)O.OB(O)O.OB(O)O.OB(O)O. The smallest absolute Gasteiger partial charge is 0.412 e. The minimum atomic E-state index is -2.17. The molecule has 0 bridgehead atoms. The molecular formula is H38B12O37. The third kappa shape index (κ3) is 198000. The molecular weight excluding hydrogens is 722 g/mol. The molecule has 49 heavy (non-hydrogen) atoms. The summed E-state index contributed by atoms with van der Waals surface area (Å²) < 4.78 is 0. The normalized spacial score (nSPS) is 6.61. The molecule has 0 aromatic heterocycles. The zero-order chi connectivity index (χ0) is 42.9. The zero-order valence-corrected chi connectivity index (χ0v) is 23.5. The third-order valence-electron chi connectivity index (χ3n) is 0. The first-order chi connectivity index (χ1) is 20.8. The van der Waals surface area contributed by atoms with Crippen molar-refractivity contribution in [2.24, 2.45) is 0 Å². The highest BCUT2D eigenvalue weighted by Crippen LogP contribution is 1.44. The van der Waals surface area contributed by atoms with E-state index >= 15 is 0 Å². The topological polar surface area (TPSA) is 760 Å². The Morgan fingerprint density at radius 3 is 0.102 bits per heavy atom. The van der Waals surface area contributed by atoms with E-state index in [4.69, 9.17) is 181 Å². The van der Waals surface area contributed by atoms with Crippen LogP contribution >= 0.6 is 0 Å². The van der Waals surface area contributed by atoms with Crippen molar-refractivity contribution in [2.75, 3.05) is 0 Å². The number of hydrogen-bond donors (Lipinski definition) is 36. The van der Waals surface area contributed by atoms with Crippen molar-refractivity contribution >= 4 is 87.9 Å². The fourth-order valence-electron chi connectivity index (χ4n) is 0. The highest BCUT2D eigenvalue weighted by atomic mass is 16.6. The van der Waals surface area contributed by atoms with Crippen LogP contribution < -0.4 is 0 Å². The van der Waals surface area contributed by atoms with Gasteiger partial charge in [-0.1, -0.05) is 0 Å². The molecule has 0 saturated carbocycles. The van der Waals surface area contributed by atoms with Crippen LogP contribution in [0.2, 0.25) is 0 Å². The standard InChI is InChI=1S/12BH3O3.H2O/c12*2-1(3)4;/h12*2-4H;1H2. The van der Waals surface area contributed by atoms with E-state index in [2.05, 4.69) is 0 Å². The molecule has 0 amide bonds. The van der Waals surface area contributed by atoms with Crippen molar-refractivity contribution < 1.29 is 186 Å². The lowest BCUT2D eigenvalue weighted by atomic mass is 10.3. The lowest BCUT2D eigenvalue weighted by molar-refractivity contribution is 0.276. The summed E-state index contributed by atoms with van der Waals surface area (Å²) >= 11 is 0. The van der Waals surface area contributed by atoms with Crippen molar-refractivity contribution in [1.82, 2.24) is 0 Å². The molecule has 49 heteroatoms. The maximum absolute atomic E-state index is 7.17. The first kappa shape index (κ1) is 86.7. The molecule has 0 aliphatic heterocycles. The third-order valence-corrected chi connectivity index (χ3v) is 0. The van der Waals surface area contributed by atoms with E-state index in [0.29, 0.717) is 0 Å². The van der Waals surface area contributed by atoms with Gasteiger partial charge in [-0.15, -0.1) is 0 Å². The summed E-state index contributed by atoms with van der Waals surface area (Å²) in [4.78, 5) is 0. The van der Waals surface area contributed by atoms with Gasteiger partial charge < -0.3 is 186 Å². The second kappa shape index (κ2) is 81.4. The first-order valence-electron chi connectivity index (χ1n) is 9.30. The highest BCUT2D eigenvalue weighted by Gasteiger charge is 1.96. The van der Waals surface area contributed by atoms with Crippen LogP contribution in [0, 0.1) is 0 Å². The molecule has 0 heterocycles. The van der Waals surface area contributed by atoms with Gasteiger partial charge in [0.2, 0.25) is 0 Å². The van der Waals surface area contributed by atoms with Crippen LogP contribution in [-0.2, 0) is 0 Å². The monoisotopic (exact) mass is 762 g/mol. The van der Waals surface area contributed by atoms with Gasteiger partial charge in [-0.05, 0) is 0 Å². The van der Waals surface area contributed by atoms with Gasteiger partial charge in [0.15, 0.2) is 0 Å². The molecule has 38 N–H and O–H groups in total. The fraction of sp³-hybridized carbons (Fsp3) is 0. The molecule has 0 aromatic rings. The first-order valence-corrected chi connectivity index (χ1v) is 9.30. The summed E-state index contributed by atoms with van der Waals surface area (Å²) in [5, 5.41) is 258. The Kier molecular flexibility index (Phi) is 144. The molecule has 296 valence electrons. The Labute approximate surface area is 275 Å². The van der Waals surface area contributed by atoms with E-state index in [-0.39, 0.29) is 5.48 Å². The van der Waals surface area contributed by atoms with Crippen LogP contribution in [0.15, 0.2) is 0 Å². The Morgan fingerprint density at radius 1 is 0.102 bits per heavy atom. The number of rotatable bonds is 0. The summed E-state index contributed by atoms with van der Waals surface area (Å²) in [5.74, 6) is 0. The van der Waals surface area contributed by atoms with Crippen molar-refractivity contribution in [2.45, 2.75) is 0 Å². The van der Waals surface area contributed by atoms with Gasteiger partial charge in [-0.25, -0.2) is 0 Å². The molecule has 37 nitrogen and oxygen atoms in total. The van der Waals surface area contributed by atoms with Gasteiger partial charge in [0.05, 0.1) is 0 Å². The average molecular weight is 760 g/mol. The second-order valence-corrected chi connectivity index (χ2v) is 4.16. The zero-order valence-electron chi connectivity index (χ0n) is 23.5. The Balaban J connectivity index is -0.0000000262. The summed E-state index contributed by atoms with van der Waals surface area (Å²) in [5.41, 5.74) is 0. The predicted molar refractivity (Wildman–Crippen MR) is 153 cm³/mol.